The van der Waals surface area contributed by atoms with E-state index in [0.717, 1.165) is 50.1 Å². The predicted molar refractivity (Wildman–Crippen MR) is 104 cm³/mol. The number of methoxy groups -OCH3 is 1. The van der Waals surface area contributed by atoms with Crippen LogP contribution in [-0.4, -0.2) is 52.0 Å². The van der Waals surface area contributed by atoms with Gasteiger partial charge in [0.1, 0.15) is 5.75 Å². The summed E-state index contributed by atoms with van der Waals surface area (Å²) in [5, 5.41) is 11.7. The fourth-order valence-electron chi connectivity index (χ4n) is 3.45. The lowest BCUT2D eigenvalue weighted by molar-refractivity contribution is 0.0723. The molecule has 1 N–H and O–H groups in total. The molecule has 2 aromatic rings. The van der Waals surface area contributed by atoms with Gasteiger partial charge in [-0.15, -0.1) is 17.5 Å². The summed E-state index contributed by atoms with van der Waals surface area (Å²) in [5.74, 6) is 0.798. The molecule has 4 rings (SSSR count). The summed E-state index contributed by atoms with van der Waals surface area (Å²) in [6.07, 6.45) is 5.99. The molecule has 0 unspecified atom stereocenters. The zero-order chi connectivity index (χ0) is 17.9. The first kappa shape index (κ1) is 19.6. The number of hydrogen-bond acceptors (Lipinski definition) is 5. The van der Waals surface area contributed by atoms with E-state index < -0.39 is 0 Å². The maximum absolute atomic E-state index is 13.0. The summed E-state index contributed by atoms with van der Waals surface area (Å²) < 4.78 is 7.07. The van der Waals surface area contributed by atoms with Crippen molar-refractivity contribution in [3.05, 3.63) is 41.7 Å². The second-order valence-corrected chi connectivity index (χ2v) is 7.08. The van der Waals surface area contributed by atoms with Crippen LogP contribution in [0.25, 0.3) is 0 Å². The van der Waals surface area contributed by atoms with Crippen LogP contribution in [0.15, 0.2) is 30.5 Å². The maximum atomic E-state index is 13.0. The summed E-state index contributed by atoms with van der Waals surface area (Å²) in [6, 6.07) is 8.52. The Morgan fingerprint density at radius 3 is 2.56 bits per heavy atom. The lowest BCUT2D eigenvalue weighted by Gasteiger charge is -2.22. The monoisotopic (exact) mass is 391 g/mol. The third kappa shape index (κ3) is 4.59. The minimum atomic E-state index is -0.0245. The Balaban J connectivity index is 0.00000210. The molecule has 0 spiro atoms. The van der Waals surface area contributed by atoms with Crippen molar-refractivity contribution in [2.45, 2.75) is 44.3 Å². The molecule has 1 aliphatic heterocycles. The van der Waals surface area contributed by atoms with E-state index in [1.807, 2.05) is 40.0 Å². The lowest BCUT2D eigenvalue weighted by atomic mass is 10.1. The molecular formula is C19H26ClN5O2. The second-order valence-electron chi connectivity index (χ2n) is 7.08. The Kier molecular flexibility index (Phi) is 6.34. The van der Waals surface area contributed by atoms with Crippen molar-refractivity contribution in [1.82, 2.24) is 25.2 Å². The van der Waals surface area contributed by atoms with Crippen LogP contribution in [0.2, 0.25) is 0 Å². The topological polar surface area (TPSA) is 72.3 Å². The first-order chi connectivity index (χ1) is 12.7. The fourth-order valence-corrected chi connectivity index (χ4v) is 3.45. The number of piperidine rings is 1. The highest BCUT2D eigenvalue weighted by molar-refractivity contribution is 5.92. The van der Waals surface area contributed by atoms with Crippen LogP contribution in [0, 0.1) is 0 Å². The van der Waals surface area contributed by atoms with E-state index in [9.17, 15) is 4.79 Å². The number of nitrogens with one attached hydrogen (secondary N) is 1. The molecule has 8 heteroatoms. The van der Waals surface area contributed by atoms with Crippen molar-refractivity contribution in [2.24, 2.45) is 0 Å². The highest BCUT2D eigenvalue weighted by Gasteiger charge is 2.34. The van der Waals surface area contributed by atoms with Gasteiger partial charge in [0.2, 0.25) is 0 Å². The van der Waals surface area contributed by atoms with E-state index in [1.54, 1.807) is 7.11 Å². The third-order valence-electron chi connectivity index (χ3n) is 5.17. The number of amides is 1. The molecule has 1 aromatic heterocycles. The summed E-state index contributed by atoms with van der Waals surface area (Å²) in [6.45, 7) is 2.56. The van der Waals surface area contributed by atoms with Gasteiger partial charge < -0.3 is 15.0 Å². The van der Waals surface area contributed by atoms with Crippen LogP contribution >= 0.6 is 12.4 Å². The van der Waals surface area contributed by atoms with Crippen LogP contribution in [0.4, 0.5) is 0 Å². The van der Waals surface area contributed by atoms with Gasteiger partial charge in [-0.3, -0.25) is 4.79 Å². The van der Waals surface area contributed by atoms with Gasteiger partial charge in [0.25, 0.3) is 5.91 Å². The maximum Gasteiger partial charge on any atom is 0.276 e. The minimum Gasteiger partial charge on any atom is -0.497 e. The Morgan fingerprint density at radius 2 is 1.93 bits per heavy atom. The number of halogens is 1. The Labute approximate surface area is 165 Å². The van der Waals surface area contributed by atoms with Crippen molar-refractivity contribution in [1.29, 1.82) is 0 Å². The number of nitrogens with zero attached hydrogens (tertiary/aromatic N) is 4. The first-order valence-corrected chi connectivity index (χ1v) is 9.31. The third-order valence-corrected chi connectivity index (χ3v) is 5.17. The van der Waals surface area contributed by atoms with Crippen molar-refractivity contribution in [2.75, 3.05) is 20.2 Å². The van der Waals surface area contributed by atoms with Gasteiger partial charge in [0.05, 0.1) is 19.3 Å². The molecule has 0 atom stereocenters. The van der Waals surface area contributed by atoms with Gasteiger partial charge in [-0.1, -0.05) is 17.3 Å². The average Bonchev–Trinajstić information content (AvgIpc) is 3.42. The van der Waals surface area contributed by atoms with Crippen LogP contribution < -0.4 is 10.1 Å². The number of ether oxygens (including phenoxy) is 1. The van der Waals surface area contributed by atoms with Gasteiger partial charge in [-0.05, 0) is 56.5 Å². The van der Waals surface area contributed by atoms with E-state index in [4.69, 9.17) is 4.74 Å². The molecule has 1 saturated carbocycles. The van der Waals surface area contributed by atoms with Crippen molar-refractivity contribution < 1.29 is 9.53 Å². The minimum absolute atomic E-state index is 0. The SMILES string of the molecule is COc1ccc(CN(C(=O)c2cn(C3CCNCC3)nn2)C2CC2)cc1.Cl. The van der Waals surface area contributed by atoms with E-state index in [2.05, 4.69) is 15.6 Å². The molecule has 146 valence electrons. The molecule has 2 aliphatic rings. The van der Waals surface area contributed by atoms with E-state index in [-0.39, 0.29) is 18.3 Å². The highest BCUT2D eigenvalue weighted by Crippen LogP contribution is 2.30. The van der Waals surface area contributed by atoms with Crippen molar-refractivity contribution in [3.63, 3.8) is 0 Å². The largest absolute Gasteiger partial charge is 0.497 e. The zero-order valence-electron chi connectivity index (χ0n) is 15.5. The zero-order valence-corrected chi connectivity index (χ0v) is 16.3. The van der Waals surface area contributed by atoms with Gasteiger partial charge in [0.15, 0.2) is 5.69 Å². The molecule has 1 aromatic carbocycles. The number of aromatic nitrogens is 3. The molecule has 7 nitrogen and oxygen atoms in total. The number of benzene rings is 1. The number of carbonyl (C=O) groups is 1. The van der Waals surface area contributed by atoms with Crippen molar-refractivity contribution >= 4 is 18.3 Å². The highest BCUT2D eigenvalue weighted by atomic mass is 35.5. The van der Waals surface area contributed by atoms with Crippen LogP contribution in [0.3, 0.4) is 0 Å². The van der Waals surface area contributed by atoms with Crippen LogP contribution in [0.1, 0.15) is 47.8 Å². The van der Waals surface area contributed by atoms with Crippen molar-refractivity contribution in [3.8, 4) is 5.75 Å². The summed E-state index contributed by atoms with van der Waals surface area (Å²) in [5.41, 5.74) is 1.54. The van der Waals surface area contributed by atoms with Crippen LogP contribution in [-0.2, 0) is 6.54 Å². The molecule has 1 amide bonds. The van der Waals surface area contributed by atoms with Gasteiger partial charge in [-0.25, -0.2) is 4.68 Å². The predicted octanol–water partition coefficient (Wildman–Crippen LogP) is 2.44. The van der Waals surface area contributed by atoms with E-state index >= 15 is 0 Å². The molecule has 0 bridgehead atoms. The number of carbonyl (C=O) groups excluding carboxylic acids is 1. The molecule has 27 heavy (non-hydrogen) atoms. The lowest BCUT2D eigenvalue weighted by Crippen LogP contribution is -2.33. The van der Waals surface area contributed by atoms with E-state index in [1.165, 1.54) is 0 Å². The van der Waals surface area contributed by atoms with Crippen LogP contribution in [0.5, 0.6) is 5.75 Å². The Hall–Kier alpha value is -2.12. The van der Waals surface area contributed by atoms with Gasteiger partial charge >= 0.3 is 0 Å². The van der Waals surface area contributed by atoms with E-state index in [0.29, 0.717) is 24.3 Å². The Bertz CT molecular complexity index is 754. The fraction of sp³-hybridized carbons (Fsp3) is 0.526. The molecule has 0 radical (unpaired) electrons. The molecule has 2 heterocycles. The molecule has 1 saturated heterocycles. The number of hydrogen-bond donors (Lipinski definition) is 1. The Morgan fingerprint density at radius 1 is 1.22 bits per heavy atom. The average molecular weight is 392 g/mol. The first-order valence-electron chi connectivity index (χ1n) is 9.31. The summed E-state index contributed by atoms with van der Waals surface area (Å²) in [4.78, 5) is 15.0. The molecule has 2 fully saturated rings. The number of rotatable bonds is 6. The van der Waals surface area contributed by atoms with Gasteiger partial charge in [0, 0.05) is 12.6 Å². The molecular weight excluding hydrogens is 366 g/mol. The standard InChI is InChI=1S/C19H25N5O2.ClH/c1-26-17-6-2-14(3-7-17)12-23(15-4-5-15)19(25)18-13-24(22-21-18)16-8-10-20-11-9-16;/h2-3,6-7,13,15-16,20H,4-5,8-12H2,1H3;1H. The summed E-state index contributed by atoms with van der Waals surface area (Å²) in [7, 11) is 1.65. The quantitative estimate of drug-likeness (QED) is 0.818. The van der Waals surface area contributed by atoms with Gasteiger partial charge in [-0.2, -0.15) is 0 Å². The molecule has 1 aliphatic carbocycles. The normalized spacial score (nSPS) is 17.2. The summed E-state index contributed by atoms with van der Waals surface area (Å²) >= 11 is 0. The second kappa shape index (κ2) is 8.71. The smallest absolute Gasteiger partial charge is 0.276 e.